The van der Waals surface area contributed by atoms with Crippen molar-refractivity contribution in [3.8, 4) is 5.75 Å². The van der Waals surface area contributed by atoms with E-state index in [0.29, 0.717) is 18.9 Å². The molecule has 3 heterocycles. The molecule has 2 fully saturated rings. The van der Waals surface area contributed by atoms with Gasteiger partial charge in [-0.2, -0.15) is 0 Å². The Bertz CT molecular complexity index is 549. The molecule has 2 unspecified atom stereocenters. The lowest BCUT2D eigenvalue weighted by molar-refractivity contribution is -0.232. The average Bonchev–Trinajstić information content (AvgIpc) is 2.98. The SMILES string of the molecule is O=C1Oc2cc(Br)ccc2CON2CCC3OC132. The van der Waals surface area contributed by atoms with E-state index in [1.54, 1.807) is 11.1 Å². The van der Waals surface area contributed by atoms with E-state index in [-0.39, 0.29) is 12.1 Å². The molecule has 0 aromatic heterocycles. The van der Waals surface area contributed by atoms with E-state index in [0.717, 1.165) is 16.5 Å². The fourth-order valence-electron chi connectivity index (χ4n) is 2.56. The van der Waals surface area contributed by atoms with Crippen molar-refractivity contribution in [2.24, 2.45) is 0 Å². The lowest BCUT2D eigenvalue weighted by atomic mass is 10.2. The van der Waals surface area contributed by atoms with Crippen molar-refractivity contribution < 1.29 is 19.1 Å². The largest absolute Gasteiger partial charge is 0.423 e. The smallest absolute Gasteiger partial charge is 0.364 e. The number of esters is 1. The van der Waals surface area contributed by atoms with Crippen LogP contribution in [-0.4, -0.2) is 29.4 Å². The second-order valence-corrected chi connectivity index (χ2v) is 5.52. The minimum Gasteiger partial charge on any atom is -0.423 e. The third-order valence-corrected chi connectivity index (χ3v) is 4.06. The van der Waals surface area contributed by atoms with Gasteiger partial charge in [-0.25, -0.2) is 4.79 Å². The van der Waals surface area contributed by atoms with E-state index in [1.165, 1.54) is 0 Å². The summed E-state index contributed by atoms with van der Waals surface area (Å²) >= 11 is 3.36. The molecule has 94 valence electrons. The summed E-state index contributed by atoms with van der Waals surface area (Å²) in [5.74, 6) is 0.147. The Morgan fingerprint density at radius 3 is 3.17 bits per heavy atom. The molecule has 18 heavy (non-hydrogen) atoms. The van der Waals surface area contributed by atoms with Crippen molar-refractivity contribution in [2.45, 2.75) is 24.9 Å². The van der Waals surface area contributed by atoms with Crippen LogP contribution in [0.25, 0.3) is 0 Å². The Morgan fingerprint density at radius 1 is 1.44 bits per heavy atom. The minimum absolute atomic E-state index is 0.0845. The molecule has 2 saturated heterocycles. The molecule has 4 rings (SSSR count). The summed E-state index contributed by atoms with van der Waals surface area (Å²) in [7, 11) is 0. The van der Waals surface area contributed by atoms with Gasteiger partial charge in [0.25, 0.3) is 5.72 Å². The standard InChI is InChI=1S/C12H10BrNO4/c13-8-2-1-7-6-16-14-4-3-10-12(14,18-10)11(15)17-9(7)5-8/h1-2,5,10H,3-4,6H2. The van der Waals surface area contributed by atoms with Gasteiger partial charge in [-0.05, 0) is 18.6 Å². The van der Waals surface area contributed by atoms with Gasteiger partial charge in [0, 0.05) is 16.6 Å². The molecule has 0 radical (unpaired) electrons. The fourth-order valence-corrected chi connectivity index (χ4v) is 2.90. The number of carbonyl (C=O) groups excluding carboxylic acids is 1. The molecule has 0 saturated carbocycles. The monoisotopic (exact) mass is 311 g/mol. The normalized spacial score (nSPS) is 33.8. The summed E-state index contributed by atoms with van der Waals surface area (Å²) in [6.45, 7) is 1.08. The van der Waals surface area contributed by atoms with Gasteiger partial charge in [-0.15, -0.1) is 5.06 Å². The Morgan fingerprint density at radius 2 is 2.33 bits per heavy atom. The van der Waals surface area contributed by atoms with Crippen LogP contribution in [0.5, 0.6) is 5.75 Å². The van der Waals surface area contributed by atoms with Crippen molar-refractivity contribution in [1.82, 2.24) is 5.06 Å². The van der Waals surface area contributed by atoms with Gasteiger partial charge in [-0.3, -0.25) is 4.84 Å². The number of ether oxygens (including phenoxy) is 2. The van der Waals surface area contributed by atoms with Crippen molar-refractivity contribution >= 4 is 21.9 Å². The van der Waals surface area contributed by atoms with Crippen molar-refractivity contribution in [3.05, 3.63) is 28.2 Å². The van der Waals surface area contributed by atoms with Gasteiger partial charge in [0.05, 0.1) is 6.61 Å². The molecule has 0 aliphatic carbocycles. The number of benzene rings is 1. The van der Waals surface area contributed by atoms with Gasteiger partial charge >= 0.3 is 5.97 Å². The second-order valence-electron chi connectivity index (χ2n) is 4.61. The van der Waals surface area contributed by atoms with Gasteiger partial charge in [0.2, 0.25) is 0 Å². The van der Waals surface area contributed by atoms with E-state index in [9.17, 15) is 4.79 Å². The Labute approximate surface area is 112 Å². The first kappa shape index (κ1) is 10.9. The van der Waals surface area contributed by atoms with Crippen LogP contribution in [0, 0.1) is 0 Å². The molecule has 5 nitrogen and oxygen atoms in total. The lowest BCUT2D eigenvalue weighted by Crippen LogP contribution is -2.46. The number of nitrogens with zero attached hydrogens (tertiary/aromatic N) is 1. The maximum Gasteiger partial charge on any atom is 0.364 e. The molecule has 0 bridgehead atoms. The number of hydroxylamine groups is 2. The van der Waals surface area contributed by atoms with Crippen LogP contribution in [0.2, 0.25) is 0 Å². The number of hydrogen-bond donors (Lipinski definition) is 0. The zero-order valence-electron chi connectivity index (χ0n) is 9.39. The maximum absolute atomic E-state index is 12.2. The molecule has 0 amide bonds. The topological polar surface area (TPSA) is 51.3 Å². The van der Waals surface area contributed by atoms with Crippen molar-refractivity contribution in [2.75, 3.05) is 6.54 Å². The van der Waals surface area contributed by atoms with E-state index < -0.39 is 5.72 Å². The van der Waals surface area contributed by atoms with Crippen molar-refractivity contribution in [1.29, 1.82) is 0 Å². The average molecular weight is 312 g/mol. The Balaban J connectivity index is 1.75. The van der Waals surface area contributed by atoms with Gasteiger partial charge in [-0.1, -0.05) is 22.0 Å². The summed E-state index contributed by atoms with van der Waals surface area (Å²) < 4.78 is 11.8. The summed E-state index contributed by atoms with van der Waals surface area (Å²) in [6.07, 6.45) is 0.716. The highest BCUT2D eigenvalue weighted by atomic mass is 79.9. The van der Waals surface area contributed by atoms with Crippen molar-refractivity contribution in [3.63, 3.8) is 0 Å². The van der Waals surface area contributed by atoms with Crippen LogP contribution in [0.1, 0.15) is 12.0 Å². The molecule has 1 aromatic carbocycles. The quantitative estimate of drug-likeness (QED) is 0.414. The Hall–Kier alpha value is -0.950. The first-order valence-electron chi connectivity index (χ1n) is 5.79. The van der Waals surface area contributed by atoms with Crippen LogP contribution >= 0.6 is 15.9 Å². The summed E-state index contributed by atoms with van der Waals surface area (Å²) in [5, 5.41) is 1.62. The van der Waals surface area contributed by atoms with Gasteiger partial charge in [0.15, 0.2) is 0 Å². The van der Waals surface area contributed by atoms with Crippen LogP contribution in [0.4, 0.5) is 0 Å². The minimum atomic E-state index is -0.986. The van der Waals surface area contributed by atoms with Crippen LogP contribution in [-0.2, 0) is 21.0 Å². The number of hydrogen-bond acceptors (Lipinski definition) is 5. The lowest BCUT2D eigenvalue weighted by Gasteiger charge is -2.26. The van der Waals surface area contributed by atoms with Crippen LogP contribution in [0.15, 0.2) is 22.7 Å². The number of carbonyl (C=O) groups is 1. The molecule has 3 aliphatic heterocycles. The Kier molecular flexibility index (Phi) is 2.15. The molecule has 3 aliphatic rings. The number of halogens is 1. The van der Waals surface area contributed by atoms with E-state index in [4.69, 9.17) is 14.3 Å². The highest BCUT2D eigenvalue weighted by molar-refractivity contribution is 9.10. The predicted octanol–water partition coefficient (Wildman–Crippen LogP) is 1.60. The van der Waals surface area contributed by atoms with Crippen LogP contribution in [0.3, 0.4) is 0 Å². The molecular formula is C12H10BrNO4. The molecular weight excluding hydrogens is 302 g/mol. The van der Waals surface area contributed by atoms with E-state index in [2.05, 4.69) is 15.9 Å². The second kappa shape index (κ2) is 3.54. The predicted molar refractivity (Wildman–Crippen MR) is 63.5 cm³/mol. The number of fused-ring (bicyclic) bond motifs is 1. The molecule has 6 heteroatoms. The summed E-state index contributed by atoms with van der Waals surface area (Å²) in [5.41, 5.74) is -0.134. The zero-order valence-corrected chi connectivity index (χ0v) is 11.0. The van der Waals surface area contributed by atoms with Gasteiger partial charge < -0.3 is 9.47 Å². The number of rotatable bonds is 0. The highest BCUT2D eigenvalue weighted by Gasteiger charge is 2.73. The van der Waals surface area contributed by atoms with Gasteiger partial charge in [0.1, 0.15) is 11.9 Å². The third kappa shape index (κ3) is 1.34. The summed E-state index contributed by atoms with van der Waals surface area (Å²) in [4.78, 5) is 17.9. The molecule has 1 aromatic rings. The number of epoxide rings is 1. The van der Waals surface area contributed by atoms with E-state index >= 15 is 0 Å². The zero-order chi connectivity index (χ0) is 12.3. The molecule has 2 atom stereocenters. The first-order valence-corrected chi connectivity index (χ1v) is 6.58. The first-order chi connectivity index (χ1) is 8.70. The fraction of sp³-hybridized carbons (Fsp3) is 0.417. The highest BCUT2D eigenvalue weighted by Crippen LogP contribution is 2.49. The molecule has 0 N–H and O–H groups in total. The maximum atomic E-state index is 12.2. The molecule has 1 spiro atoms. The summed E-state index contributed by atoms with van der Waals surface area (Å²) in [6, 6.07) is 5.55. The van der Waals surface area contributed by atoms with E-state index in [1.807, 2.05) is 12.1 Å². The third-order valence-electron chi connectivity index (χ3n) is 3.57. The van der Waals surface area contributed by atoms with Crippen LogP contribution < -0.4 is 4.74 Å².